The summed E-state index contributed by atoms with van der Waals surface area (Å²) in [5.74, 6) is -1.12. The molecule has 1 fully saturated rings. The lowest BCUT2D eigenvalue weighted by atomic mass is 10.0. The average Bonchev–Trinajstić information content (AvgIpc) is 2.51. The van der Waals surface area contributed by atoms with Crippen molar-refractivity contribution in [1.29, 1.82) is 0 Å². The van der Waals surface area contributed by atoms with E-state index in [-0.39, 0.29) is 11.8 Å². The zero-order valence-corrected chi connectivity index (χ0v) is 10.6. The van der Waals surface area contributed by atoms with Gasteiger partial charge in [-0.15, -0.1) is 0 Å². The smallest absolute Gasteiger partial charge is 0.326 e. The summed E-state index contributed by atoms with van der Waals surface area (Å²) in [6, 6.07) is -1.30. The molecular formula is C12H22N2O3. The third-order valence-corrected chi connectivity index (χ3v) is 3.32. The predicted molar refractivity (Wildman–Crippen MR) is 64.4 cm³/mol. The second kappa shape index (κ2) is 6.00. The Bertz CT molecular complexity index is 291. The maximum absolute atomic E-state index is 12.1. The van der Waals surface area contributed by atoms with Crippen LogP contribution in [0, 0.1) is 5.92 Å². The van der Waals surface area contributed by atoms with Gasteiger partial charge in [0.05, 0.1) is 6.04 Å². The number of likely N-dealkylation sites (tertiary alicyclic amines) is 1. The number of amides is 1. The number of nitrogens with two attached hydrogens (primary N) is 1. The van der Waals surface area contributed by atoms with Crippen molar-refractivity contribution in [1.82, 2.24) is 4.90 Å². The standard InChI is InChI=1S/C12H22N2O3/c1-8(2)10(13)11(15)14-7-5-3-4-6-9(14)12(16)17/h8-10H,3-7,13H2,1-2H3,(H,16,17). The Morgan fingerprint density at radius 3 is 2.47 bits per heavy atom. The van der Waals surface area contributed by atoms with E-state index in [1.807, 2.05) is 13.8 Å². The van der Waals surface area contributed by atoms with Crippen LogP contribution in [0.15, 0.2) is 0 Å². The van der Waals surface area contributed by atoms with Gasteiger partial charge in [0.15, 0.2) is 0 Å². The van der Waals surface area contributed by atoms with Crippen molar-refractivity contribution < 1.29 is 14.7 Å². The van der Waals surface area contributed by atoms with Gasteiger partial charge in [0.25, 0.3) is 0 Å². The van der Waals surface area contributed by atoms with Gasteiger partial charge in [-0.1, -0.05) is 26.7 Å². The Kier molecular flexibility index (Phi) is 4.93. The minimum atomic E-state index is -0.920. The number of carbonyl (C=O) groups is 2. The van der Waals surface area contributed by atoms with E-state index in [2.05, 4.69) is 0 Å². The Morgan fingerprint density at radius 1 is 1.29 bits per heavy atom. The van der Waals surface area contributed by atoms with E-state index < -0.39 is 18.1 Å². The van der Waals surface area contributed by atoms with Gasteiger partial charge in [-0.25, -0.2) is 4.79 Å². The summed E-state index contributed by atoms with van der Waals surface area (Å²) in [7, 11) is 0. The first-order valence-corrected chi connectivity index (χ1v) is 6.24. The zero-order valence-electron chi connectivity index (χ0n) is 10.6. The molecular weight excluding hydrogens is 220 g/mol. The summed E-state index contributed by atoms with van der Waals surface area (Å²) in [6.07, 6.45) is 3.23. The lowest BCUT2D eigenvalue weighted by molar-refractivity contribution is -0.151. The summed E-state index contributed by atoms with van der Waals surface area (Å²) >= 11 is 0. The Hall–Kier alpha value is -1.10. The van der Waals surface area contributed by atoms with Crippen molar-refractivity contribution in [3.63, 3.8) is 0 Å². The van der Waals surface area contributed by atoms with E-state index in [9.17, 15) is 9.59 Å². The molecule has 0 radical (unpaired) electrons. The maximum atomic E-state index is 12.1. The number of rotatable bonds is 3. The second-order valence-corrected chi connectivity index (χ2v) is 5.00. The van der Waals surface area contributed by atoms with Crippen molar-refractivity contribution in [3.05, 3.63) is 0 Å². The van der Waals surface area contributed by atoms with E-state index >= 15 is 0 Å². The van der Waals surface area contributed by atoms with Crippen LogP contribution in [0.3, 0.4) is 0 Å². The van der Waals surface area contributed by atoms with Crippen molar-refractivity contribution >= 4 is 11.9 Å². The summed E-state index contributed by atoms with van der Waals surface area (Å²) in [5, 5.41) is 9.17. The minimum absolute atomic E-state index is 0.0280. The number of hydrogen-bond acceptors (Lipinski definition) is 3. The van der Waals surface area contributed by atoms with Gasteiger partial charge >= 0.3 is 5.97 Å². The number of nitrogens with zero attached hydrogens (tertiary/aromatic N) is 1. The lowest BCUT2D eigenvalue weighted by Gasteiger charge is -2.30. The molecule has 1 aliphatic heterocycles. The topological polar surface area (TPSA) is 83.6 Å². The molecule has 2 atom stereocenters. The summed E-state index contributed by atoms with van der Waals surface area (Å²) in [6.45, 7) is 4.25. The van der Waals surface area contributed by atoms with E-state index in [0.29, 0.717) is 13.0 Å². The molecule has 0 saturated carbocycles. The molecule has 1 rings (SSSR count). The highest BCUT2D eigenvalue weighted by molar-refractivity contribution is 5.87. The van der Waals surface area contributed by atoms with E-state index in [1.54, 1.807) is 0 Å². The fraction of sp³-hybridized carbons (Fsp3) is 0.833. The first-order chi connectivity index (χ1) is 7.95. The molecule has 2 unspecified atom stereocenters. The molecule has 1 saturated heterocycles. The van der Waals surface area contributed by atoms with Crippen LogP contribution >= 0.6 is 0 Å². The fourth-order valence-corrected chi connectivity index (χ4v) is 2.11. The first-order valence-electron chi connectivity index (χ1n) is 6.24. The second-order valence-electron chi connectivity index (χ2n) is 5.00. The fourth-order valence-electron chi connectivity index (χ4n) is 2.11. The number of aliphatic carboxylic acids is 1. The Balaban J connectivity index is 2.82. The number of carbonyl (C=O) groups excluding carboxylic acids is 1. The molecule has 1 amide bonds. The minimum Gasteiger partial charge on any atom is -0.480 e. The third kappa shape index (κ3) is 3.43. The summed E-state index contributed by atoms with van der Waals surface area (Å²) in [4.78, 5) is 24.8. The molecule has 17 heavy (non-hydrogen) atoms. The van der Waals surface area contributed by atoms with Gasteiger partial charge < -0.3 is 15.7 Å². The van der Waals surface area contributed by atoms with Gasteiger partial charge in [0, 0.05) is 6.54 Å². The van der Waals surface area contributed by atoms with E-state index in [4.69, 9.17) is 10.8 Å². The van der Waals surface area contributed by atoms with Crippen LogP contribution in [0.2, 0.25) is 0 Å². The van der Waals surface area contributed by atoms with Crippen molar-refractivity contribution in [2.75, 3.05) is 6.54 Å². The molecule has 1 aliphatic rings. The lowest BCUT2D eigenvalue weighted by Crippen LogP contribution is -2.52. The Labute approximate surface area is 102 Å². The van der Waals surface area contributed by atoms with Crippen LogP contribution in [0.25, 0.3) is 0 Å². The van der Waals surface area contributed by atoms with Gasteiger partial charge in [0.2, 0.25) is 5.91 Å². The van der Waals surface area contributed by atoms with Gasteiger partial charge in [-0.2, -0.15) is 0 Å². The molecule has 0 aromatic heterocycles. The van der Waals surface area contributed by atoms with Crippen LogP contribution in [-0.2, 0) is 9.59 Å². The van der Waals surface area contributed by atoms with Crippen LogP contribution in [0.5, 0.6) is 0 Å². The highest BCUT2D eigenvalue weighted by Gasteiger charge is 2.33. The molecule has 0 aromatic rings. The monoisotopic (exact) mass is 242 g/mol. The molecule has 0 bridgehead atoms. The number of carboxylic acid groups (broad SMARTS) is 1. The molecule has 98 valence electrons. The largest absolute Gasteiger partial charge is 0.480 e. The number of carboxylic acids is 1. The molecule has 0 aliphatic carbocycles. The highest BCUT2D eigenvalue weighted by atomic mass is 16.4. The quantitative estimate of drug-likeness (QED) is 0.767. The van der Waals surface area contributed by atoms with Crippen LogP contribution in [0.1, 0.15) is 39.5 Å². The normalized spacial score (nSPS) is 23.3. The maximum Gasteiger partial charge on any atom is 0.326 e. The Morgan fingerprint density at radius 2 is 1.94 bits per heavy atom. The third-order valence-electron chi connectivity index (χ3n) is 3.32. The van der Waals surface area contributed by atoms with Crippen LogP contribution in [0.4, 0.5) is 0 Å². The van der Waals surface area contributed by atoms with Gasteiger partial charge in [0.1, 0.15) is 6.04 Å². The first kappa shape index (κ1) is 14.0. The molecule has 5 heteroatoms. The summed E-state index contributed by atoms with van der Waals surface area (Å²) < 4.78 is 0. The van der Waals surface area contributed by atoms with Crippen molar-refractivity contribution in [2.24, 2.45) is 11.7 Å². The van der Waals surface area contributed by atoms with Crippen LogP contribution < -0.4 is 5.73 Å². The molecule has 0 spiro atoms. The summed E-state index contributed by atoms with van der Waals surface area (Å²) in [5.41, 5.74) is 5.82. The molecule has 1 heterocycles. The van der Waals surface area contributed by atoms with Crippen LogP contribution in [-0.4, -0.2) is 40.5 Å². The highest BCUT2D eigenvalue weighted by Crippen LogP contribution is 2.19. The zero-order chi connectivity index (χ0) is 13.0. The van der Waals surface area contributed by atoms with Gasteiger partial charge in [-0.05, 0) is 18.8 Å². The van der Waals surface area contributed by atoms with Gasteiger partial charge in [-0.3, -0.25) is 4.79 Å². The van der Waals surface area contributed by atoms with E-state index in [1.165, 1.54) is 4.90 Å². The number of hydrogen-bond donors (Lipinski definition) is 2. The average molecular weight is 242 g/mol. The molecule has 3 N–H and O–H groups in total. The van der Waals surface area contributed by atoms with E-state index in [0.717, 1.165) is 19.3 Å². The SMILES string of the molecule is CC(C)C(N)C(=O)N1CCCCCC1C(=O)O. The molecule has 0 aromatic carbocycles. The van der Waals surface area contributed by atoms with Crippen molar-refractivity contribution in [2.45, 2.75) is 51.6 Å². The molecule has 5 nitrogen and oxygen atoms in total. The predicted octanol–water partition coefficient (Wildman–Crippen LogP) is 0.825. The van der Waals surface area contributed by atoms with Crippen molar-refractivity contribution in [3.8, 4) is 0 Å².